The van der Waals surface area contributed by atoms with Crippen LogP contribution in [0.4, 0.5) is 0 Å². The van der Waals surface area contributed by atoms with Crippen molar-refractivity contribution in [3.63, 3.8) is 0 Å². The van der Waals surface area contributed by atoms with E-state index in [0.717, 1.165) is 5.56 Å². The van der Waals surface area contributed by atoms with E-state index in [1.165, 1.54) is 6.26 Å². The van der Waals surface area contributed by atoms with Crippen molar-refractivity contribution in [3.8, 4) is 45.4 Å². The largest absolute Gasteiger partial charge is 0.476 e. The maximum absolute atomic E-state index is 12.2. The summed E-state index contributed by atoms with van der Waals surface area (Å²) in [5, 5.41) is 11.1. The van der Waals surface area contributed by atoms with Crippen LogP contribution in [0.2, 0.25) is 10.0 Å². The fourth-order valence-corrected chi connectivity index (χ4v) is 3.73. The lowest BCUT2D eigenvalue weighted by atomic mass is 10.0. The Balaban J connectivity index is 1.73. The summed E-state index contributed by atoms with van der Waals surface area (Å²) in [6.07, 6.45) is 1.47. The second-order valence-electron chi connectivity index (χ2n) is 7.34. The zero-order valence-corrected chi connectivity index (χ0v) is 19.0. The predicted octanol–water partition coefficient (Wildman–Crippen LogP) is 7.14. The first-order valence-electron chi connectivity index (χ1n) is 10.2. The van der Waals surface area contributed by atoms with Gasteiger partial charge in [0.15, 0.2) is 11.4 Å². The number of nitrogens with zero attached hydrogens (tertiary/aromatic N) is 3. The maximum Gasteiger partial charge on any atom is 0.357 e. The molecular formula is C26H15Cl2N3O3. The Hall–Kier alpha value is -4.00. The van der Waals surface area contributed by atoms with Crippen LogP contribution in [0, 0.1) is 0 Å². The van der Waals surface area contributed by atoms with Crippen LogP contribution in [0.5, 0.6) is 0 Å². The van der Waals surface area contributed by atoms with E-state index in [9.17, 15) is 9.90 Å². The summed E-state index contributed by atoms with van der Waals surface area (Å²) in [5.41, 5.74) is 3.35. The molecule has 0 saturated heterocycles. The minimum atomic E-state index is -1.25. The van der Waals surface area contributed by atoms with Crippen LogP contribution in [-0.4, -0.2) is 26.0 Å². The normalized spacial score (nSPS) is 10.9. The molecule has 34 heavy (non-hydrogen) atoms. The SMILES string of the molecule is O=C(O)c1nc(-c2ccc(Cl)cc2)c(-c2ccc(Cl)cc2)nc1-c1nc(-c2ccccc2)co1. The molecule has 2 heterocycles. The second kappa shape index (κ2) is 9.09. The van der Waals surface area contributed by atoms with Gasteiger partial charge in [-0.25, -0.2) is 19.7 Å². The summed E-state index contributed by atoms with van der Waals surface area (Å²) in [7, 11) is 0. The van der Waals surface area contributed by atoms with Gasteiger partial charge < -0.3 is 9.52 Å². The molecule has 0 radical (unpaired) electrons. The van der Waals surface area contributed by atoms with Crippen LogP contribution < -0.4 is 0 Å². The van der Waals surface area contributed by atoms with Gasteiger partial charge in [-0.2, -0.15) is 0 Å². The number of halogens is 2. The molecule has 0 aliphatic carbocycles. The van der Waals surface area contributed by atoms with Gasteiger partial charge in [-0.15, -0.1) is 0 Å². The van der Waals surface area contributed by atoms with Crippen molar-refractivity contribution >= 4 is 29.2 Å². The first-order valence-corrected chi connectivity index (χ1v) is 10.9. The molecule has 5 aromatic rings. The lowest BCUT2D eigenvalue weighted by molar-refractivity contribution is 0.0691. The van der Waals surface area contributed by atoms with Gasteiger partial charge >= 0.3 is 5.97 Å². The quantitative estimate of drug-likeness (QED) is 0.283. The van der Waals surface area contributed by atoms with Crippen LogP contribution in [0.3, 0.4) is 0 Å². The number of rotatable bonds is 5. The highest BCUT2D eigenvalue weighted by molar-refractivity contribution is 6.31. The van der Waals surface area contributed by atoms with Crippen molar-refractivity contribution in [1.82, 2.24) is 15.0 Å². The number of hydrogen-bond donors (Lipinski definition) is 1. The summed E-state index contributed by atoms with van der Waals surface area (Å²) in [6, 6.07) is 23.4. The second-order valence-corrected chi connectivity index (χ2v) is 8.21. The fraction of sp³-hybridized carbons (Fsp3) is 0. The van der Waals surface area contributed by atoms with Gasteiger partial charge in [-0.3, -0.25) is 0 Å². The maximum atomic E-state index is 12.2. The van der Waals surface area contributed by atoms with E-state index in [1.807, 2.05) is 30.3 Å². The molecule has 0 atom stereocenters. The Kier molecular flexibility index (Phi) is 5.84. The van der Waals surface area contributed by atoms with E-state index in [4.69, 9.17) is 32.6 Å². The summed E-state index contributed by atoms with van der Waals surface area (Å²) in [4.78, 5) is 25.9. The number of benzene rings is 3. The summed E-state index contributed by atoms with van der Waals surface area (Å²) >= 11 is 12.1. The topological polar surface area (TPSA) is 89.1 Å². The highest BCUT2D eigenvalue weighted by Gasteiger charge is 2.25. The number of hydrogen-bond acceptors (Lipinski definition) is 5. The molecule has 0 amide bonds. The van der Waals surface area contributed by atoms with Gasteiger partial charge in [0.05, 0.1) is 11.4 Å². The Morgan fingerprint density at radius 1 is 0.676 bits per heavy atom. The molecule has 0 bridgehead atoms. The molecule has 0 aliphatic heterocycles. The Bertz CT molecular complexity index is 1480. The molecule has 166 valence electrons. The van der Waals surface area contributed by atoms with Crippen molar-refractivity contribution in [2.75, 3.05) is 0 Å². The third kappa shape index (κ3) is 4.29. The smallest absolute Gasteiger partial charge is 0.357 e. The zero-order chi connectivity index (χ0) is 23.7. The monoisotopic (exact) mass is 487 g/mol. The van der Waals surface area contributed by atoms with E-state index in [0.29, 0.717) is 38.3 Å². The Labute approximate surface area is 204 Å². The van der Waals surface area contributed by atoms with Gasteiger partial charge in [0, 0.05) is 26.7 Å². The number of carbonyl (C=O) groups is 1. The van der Waals surface area contributed by atoms with Crippen molar-refractivity contribution in [1.29, 1.82) is 0 Å². The minimum absolute atomic E-state index is 0.0253. The molecule has 0 unspecified atom stereocenters. The molecule has 2 aromatic heterocycles. The van der Waals surface area contributed by atoms with Crippen molar-refractivity contribution in [2.24, 2.45) is 0 Å². The van der Waals surface area contributed by atoms with Crippen LogP contribution in [-0.2, 0) is 0 Å². The van der Waals surface area contributed by atoms with E-state index >= 15 is 0 Å². The number of aromatic nitrogens is 3. The number of aromatic carboxylic acids is 1. The molecule has 1 N–H and O–H groups in total. The van der Waals surface area contributed by atoms with Gasteiger partial charge in [0.2, 0.25) is 5.89 Å². The highest BCUT2D eigenvalue weighted by Crippen LogP contribution is 2.34. The standard InChI is InChI=1S/C26H15Cl2N3O3/c27-18-10-6-16(7-11-18)21-22(17-8-12-19(28)13-9-17)31-24(26(32)33)23(30-21)25-29-20(14-34-25)15-4-2-1-3-5-15/h1-14H,(H,32,33). The van der Waals surface area contributed by atoms with Crippen molar-refractivity contribution in [3.05, 3.63) is 101 Å². The third-order valence-electron chi connectivity index (χ3n) is 5.11. The average molecular weight is 488 g/mol. The first-order chi connectivity index (χ1) is 16.5. The van der Waals surface area contributed by atoms with E-state index in [-0.39, 0.29) is 17.3 Å². The van der Waals surface area contributed by atoms with Gasteiger partial charge in [0.1, 0.15) is 12.0 Å². The Morgan fingerprint density at radius 3 is 1.79 bits per heavy atom. The molecule has 3 aromatic carbocycles. The molecule has 0 saturated carbocycles. The van der Waals surface area contributed by atoms with Crippen molar-refractivity contribution in [2.45, 2.75) is 0 Å². The van der Waals surface area contributed by atoms with E-state index < -0.39 is 5.97 Å². The molecular weight excluding hydrogens is 473 g/mol. The molecule has 5 rings (SSSR count). The van der Waals surface area contributed by atoms with Crippen LogP contribution in [0.15, 0.2) is 89.5 Å². The molecule has 0 fully saturated rings. The zero-order valence-electron chi connectivity index (χ0n) is 17.4. The average Bonchev–Trinajstić information content (AvgIpc) is 3.35. The van der Waals surface area contributed by atoms with Crippen LogP contribution in [0.25, 0.3) is 45.4 Å². The highest BCUT2D eigenvalue weighted by atomic mass is 35.5. The lowest BCUT2D eigenvalue weighted by Gasteiger charge is -2.12. The minimum Gasteiger partial charge on any atom is -0.476 e. The van der Waals surface area contributed by atoms with Gasteiger partial charge in [-0.05, 0) is 24.3 Å². The first kappa shape index (κ1) is 21.8. The molecule has 6 nitrogen and oxygen atoms in total. The van der Waals surface area contributed by atoms with Crippen LogP contribution in [0.1, 0.15) is 10.5 Å². The predicted molar refractivity (Wildman–Crippen MR) is 131 cm³/mol. The number of carboxylic acids is 1. The van der Waals surface area contributed by atoms with Crippen LogP contribution >= 0.6 is 23.2 Å². The lowest BCUT2D eigenvalue weighted by Crippen LogP contribution is -2.09. The molecule has 8 heteroatoms. The van der Waals surface area contributed by atoms with E-state index in [1.54, 1.807) is 48.5 Å². The summed E-state index contributed by atoms with van der Waals surface area (Å²) < 4.78 is 5.65. The van der Waals surface area contributed by atoms with Gasteiger partial charge in [-0.1, -0.05) is 77.8 Å². The van der Waals surface area contributed by atoms with Crippen molar-refractivity contribution < 1.29 is 14.3 Å². The summed E-state index contributed by atoms with van der Waals surface area (Å²) in [6.45, 7) is 0. The third-order valence-corrected chi connectivity index (χ3v) is 5.61. The fourth-order valence-electron chi connectivity index (χ4n) is 3.48. The Morgan fingerprint density at radius 2 is 1.24 bits per heavy atom. The molecule has 0 aliphatic rings. The van der Waals surface area contributed by atoms with E-state index in [2.05, 4.69) is 9.97 Å². The van der Waals surface area contributed by atoms with Gasteiger partial charge in [0.25, 0.3) is 0 Å². The number of oxazole rings is 1. The molecule has 0 spiro atoms. The number of carboxylic acid groups (broad SMARTS) is 1. The summed E-state index contributed by atoms with van der Waals surface area (Å²) in [5.74, 6) is -1.19.